The second kappa shape index (κ2) is 7.78. The molecule has 0 radical (unpaired) electrons. The van der Waals surface area contributed by atoms with Crippen LogP contribution in [0.3, 0.4) is 0 Å². The lowest BCUT2D eigenvalue weighted by Crippen LogP contribution is -2.35. The molecular weight excluding hydrogens is 284 g/mol. The number of aliphatic carboxylic acids is 1. The molecule has 6 nitrogen and oxygen atoms in total. The second-order valence-corrected chi connectivity index (χ2v) is 4.60. The van der Waals surface area contributed by atoms with Crippen molar-refractivity contribution < 1.29 is 19.4 Å². The molecule has 2 rings (SSSR count). The first-order valence-corrected chi connectivity index (χ1v) is 6.71. The maximum absolute atomic E-state index is 11.9. The van der Waals surface area contributed by atoms with E-state index < -0.39 is 11.9 Å². The van der Waals surface area contributed by atoms with Gasteiger partial charge in [0.1, 0.15) is 19.7 Å². The summed E-state index contributed by atoms with van der Waals surface area (Å²) < 4.78 is 5.16. The van der Waals surface area contributed by atoms with Crippen molar-refractivity contribution in [2.45, 2.75) is 6.61 Å². The van der Waals surface area contributed by atoms with Gasteiger partial charge in [0.05, 0.1) is 0 Å². The summed E-state index contributed by atoms with van der Waals surface area (Å²) in [6.45, 7) is -0.257. The van der Waals surface area contributed by atoms with E-state index in [4.69, 9.17) is 9.84 Å². The summed E-state index contributed by atoms with van der Waals surface area (Å²) in [5.41, 5.74) is 1.48. The van der Waals surface area contributed by atoms with E-state index in [1.54, 1.807) is 48.8 Å². The molecule has 0 atom stereocenters. The number of benzene rings is 1. The van der Waals surface area contributed by atoms with Gasteiger partial charge in [-0.25, -0.2) is 0 Å². The Kier molecular flexibility index (Phi) is 5.48. The molecule has 6 heteroatoms. The Morgan fingerprint density at radius 1 is 1.05 bits per heavy atom. The van der Waals surface area contributed by atoms with Crippen molar-refractivity contribution in [1.82, 2.24) is 4.98 Å². The first kappa shape index (κ1) is 15.5. The van der Waals surface area contributed by atoms with Crippen molar-refractivity contribution >= 4 is 17.6 Å². The van der Waals surface area contributed by atoms with Gasteiger partial charge in [-0.15, -0.1) is 0 Å². The highest BCUT2D eigenvalue weighted by Crippen LogP contribution is 2.13. The van der Waals surface area contributed by atoms with Gasteiger partial charge in [-0.05, 0) is 29.8 Å². The molecule has 1 N–H and O–H groups in total. The lowest BCUT2D eigenvalue weighted by molar-refractivity contribution is -0.143. The largest absolute Gasteiger partial charge is 0.480 e. The number of nitrogens with zero attached hydrogens (tertiary/aromatic N) is 2. The molecule has 1 aromatic heterocycles. The smallest absolute Gasteiger partial charge is 0.325 e. The van der Waals surface area contributed by atoms with E-state index in [0.717, 1.165) is 5.56 Å². The molecule has 0 amide bonds. The molecule has 0 aliphatic carbocycles. The molecule has 2 aromatic rings. The third-order valence-corrected chi connectivity index (χ3v) is 2.92. The summed E-state index contributed by atoms with van der Waals surface area (Å²) in [6.07, 6.45) is 3.23. The quantitative estimate of drug-likeness (QED) is 0.784. The Balaban J connectivity index is 1.95. The van der Waals surface area contributed by atoms with Crippen LogP contribution in [0.2, 0.25) is 0 Å². The van der Waals surface area contributed by atoms with Crippen molar-refractivity contribution in [2.24, 2.45) is 0 Å². The van der Waals surface area contributed by atoms with Gasteiger partial charge in [0.25, 0.3) is 0 Å². The Labute approximate surface area is 128 Å². The summed E-state index contributed by atoms with van der Waals surface area (Å²) in [4.78, 5) is 28.2. The fourth-order valence-electron chi connectivity index (χ4n) is 1.88. The molecule has 0 spiro atoms. The molecule has 0 saturated carbocycles. The minimum atomic E-state index is -1.01. The Morgan fingerprint density at radius 2 is 1.73 bits per heavy atom. The van der Waals surface area contributed by atoms with E-state index in [1.807, 2.05) is 6.07 Å². The summed E-state index contributed by atoms with van der Waals surface area (Å²) in [5.74, 6) is -1.49. The highest BCUT2D eigenvalue weighted by Gasteiger charge is 2.15. The van der Waals surface area contributed by atoms with Crippen LogP contribution < -0.4 is 4.90 Å². The average Bonchev–Trinajstić information content (AvgIpc) is 2.54. The van der Waals surface area contributed by atoms with E-state index in [9.17, 15) is 9.59 Å². The molecule has 0 bridgehead atoms. The number of carbonyl (C=O) groups is 2. The van der Waals surface area contributed by atoms with E-state index >= 15 is 0 Å². The van der Waals surface area contributed by atoms with Crippen LogP contribution in [0.15, 0.2) is 54.9 Å². The molecule has 0 fully saturated rings. The summed E-state index contributed by atoms with van der Waals surface area (Å²) in [5, 5.41) is 8.97. The van der Waals surface area contributed by atoms with Gasteiger partial charge in [-0.1, -0.05) is 18.2 Å². The Hall–Kier alpha value is -2.89. The number of esters is 1. The van der Waals surface area contributed by atoms with Crippen molar-refractivity contribution in [3.05, 3.63) is 60.4 Å². The molecule has 0 aliphatic rings. The molecule has 1 aromatic carbocycles. The minimum Gasteiger partial charge on any atom is -0.480 e. The minimum absolute atomic E-state index is 0.124. The lowest BCUT2D eigenvalue weighted by atomic mass is 10.3. The van der Waals surface area contributed by atoms with Crippen molar-refractivity contribution in [1.29, 1.82) is 0 Å². The fourth-order valence-corrected chi connectivity index (χ4v) is 1.88. The fraction of sp³-hybridized carbons (Fsp3) is 0.188. The van der Waals surface area contributed by atoms with Crippen LogP contribution in [-0.4, -0.2) is 35.1 Å². The second-order valence-electron chi connectivity index (χ2n) is 4.60. The molecule has 114 valence electrons. The highest BCUT2D eigenvalue weighted by molar-refractivity contribution is 5.80. The standard InChI is InChI=1S/C16H16N2O4/c19-15(20)10-18(14-4-2-1-3-5-14)11-16(21)22-12-13-6-8-17-9-7-13/h1-9H,10-12H2,(H,19,20). The maximum atomic E-state index is 11.9. The van der Waals surface area contributed by atoms with Gasteiger partial charge in [0.2, 0.25) is 0 Å². The van der Waals surface area contributed by atoms with E-state index in [-0.39, 0.29) is 19.7 Å². The van der Waals surface area contributed by atoms with Crippen LogP contribution in [-0.2, 0) is 20.9 Å². The van der Waals surface area contributed by atoms with Crippen LogP contribution in [0.1, 0.15) is 5.56 Å². The Morgan fingerprint density at radius 3 is 2.36 bits per heavy atom. The van der Waals surface area contributed by atoms with Gasteiger partial charge in [-0.2, -0.15) is 0 Å². The number of pyridine rings is 1. The predicted molar refractivity (Wildman–Crippen MR) is 80.3 cm³/mol. The molecule has 1 heterocycles. The lowest BCUT2D eigenvalue weighted by Gasteiger charge is -2.21. The molecule has 0 unspecified atom stereocenters. The normalized spacial score (nSPS) is 10.0. The first-order valence-electron chi connectivity index (χ1n) is 6.71. The number of hydrogen-bond acceptors (Lipinski definition) is 5. The van der Waals surface area contributed by atoms with E-state index in [0.29, 0.717) is 5.69 Å². The summed E-state index contributed by atoms with van der Waals surface area (Å²) in [7, 11) is 0. The van der Waals surface area contributed by atoms with Crippen LogP contribution in [0.5, 0.6) is 0 Å². The van der Waals surface area contributed by atoms with Crippen molar-refractivity contribution in [3.8, 4) is 0 Å². The Bertz CT molecular complexity index is 617. The predicted octanol–water partition coefficient (Wildman–Crippen LogP) is 1.72. The molecule has 0 saturated heterocycles. The van der Waals surface area contributed by atoms with Crippen molar-refractivity contribution in [3.63, 3.8) is 0 Å². The van der Waals surface area contributed by atoms with Gasteiger partial charge < -0.3 is 14.7 Å². The zero-order chi connectivity index (χ0) is 15.8. The number of carbonyl (C=O) groups excluding carboxylic acids is 1. The van der Waals surface area contributed by atoms with E-state index in [1.165, 1.54) is 4.90 Å². The van der Waals surface area contributed by atoms with Crippen LogP contribution in [0.4, 0.5) is 5.69 Å². The van der Waals surface area contributed by atoms with Gasteiger partial charge in [0, 0.05) is 18.1 Å². The van der Waals surface area contributed by atoms with Crippen molar-refractivity contribution in [2.75, 3.05) is 18.0 Å². The topological polar surface area (TPSA) is 79.7 Å². The number of carboxylic acids is 1. The number of rotatable bonds is 7. The van der Waals surface area contributed by atoms with Gasteiger partial charge >= 0.3 is 11.9 Å². The first-order chi connectivity index (χ1) is 10.6. The number of anilines is 1. The SMILES string of the molecule is O=C(O)CN(CC(=O)OCc1ccncc1)c1ccccc1. The van der Waals surface area contributed by atoms with E-state index in [2.05, 4.69) is 4.98 Å². The van der Waals surface area contributed by atoms with Gasteiger partial charge in [0.15, 0.2) is 0 Å². The molecule has 0 aliphatic heterocycles. The van der Waals surface area contributed by atoms with Crippen LogP contribution in [0, 0.1) is 0 Å². The van der Waals surface area contributed by atoms with Crippen LogP contribution in [0.25, 0.3) is 0 Å². The summed E-state index contributed by atoms with van der Waals surface area (Å²) >= 11 is 0. The number of carboxylic acid groups (broad SMARTS) is 1. The summed E-state index contributed by atoms with van der Waals surface area (Å²) in [6, 6.07) is 12.4. The number of aromatic nitrogens is 1. The highest BCUT2D eigenvalue weighted by atomic mass is 16.5. The average molecular weight is 300 g/mol. The van der Waals surface area contributed by atoms with Gasteiger partial charge in [-0.3, -0.25) is 14.6 Å². The third kappa shape index (κ3) is 4.90. The molecule has 22 heavy (non-hydrogen) atoms. The third-order valence-electron chi connectivity index (χ3n) is 2.92. The number of para-hydroxylation sites is 1. The maximum Gasteiger partial charge on any atom is 0.325 e. The van der Waals surface area contributed by atoms with Crippen LogP contribution >= 0.6 is 0 Å². The monoisotopic (exact) mass is 300 g/mol. The zero-order valence-corrected chi connectivity index (χ0v) is 11.9. The molecular formula is C16H16N2O4. The number of hydrogen-bond donors (Lipinski definition) is 1. The zero-order valence-electron chi connectivity index (χ0n) is 11.9. The number of ether oxygens (including phenoxy) is 1.